The van der Waals surface area contributed by atoms with Crippen LogP contribution >= 0.6 is 0 Å². The molecule has 8 heteroatoms. The molecule has 1 amide bonds. The fourth-order valence-corrected chi connectivity index (χ4v) is 3.25. The van der Waals surface area contributed by atoms with E-state index >= 15 is 0 Å². The maximum absolute atomic E-state index is 13.1. The number of fused-ring (bicyclic) bond motifs is 1. The lowest BCUT2D eigenvalue weighted by Gasteiger charge is -2.24. The number of carbonyl (C=O) groups is 1. The van der Waals surface area contributed by atoms with Gasteiger partial charge in [-0.2, -0.15) is 0 Å². The lowest BCUT2D eigenvalue weighted by molar-refractivity contribution is -0.00180. The van der Waals surface area contributed by atoms with E-state index in [0.29, 0.717) is 25.4 Å². The monoisotopic (exact) mass is 396 g/mol. The topological polar surface area (TPSA) is 78.3 Å². The van der Waals surface area contributed by atoms with Crippen LogP contribution in [0, 0.1) is 5.82 Å². The largest absolute Gasteiger partial charge is 0.494 e. The first kappa shape index (κ1) is 19.1. The Bertz CT molecular complexity index is 1000. The van der Waals surface area contributed by atoms with E-state index < -0.39 is 0 Å². The van der Waals surface area contributed by atoms with Crippen molar-refractivity contribution in [2.75, 3.05) is 6.61 Å². The number of carbonyl (C=O) groups excluding carboxylic acids is 1. The second-order valence-corrected chi connectivity index (χ2v) is 6.68. The van der Waals surface area contributed by atoms with Crippen LogP contribution in [0.2, 0.25) is 0 Å². The Balaban J connectivity index is 1.41. The molecule has 0 fully saturated rings. The van der Waals surface area contributed by atoms with Gasteiger partial charge in [-0.05, 0) is 42.3 Å². The zero-order valence-corrected chi connectivity index (χ0v) is 16.0. The fourth-order valence-electron chi connectivity index (χ4n) is 3.25. The van der Waals surface area contributed by atoms with Gasteiger partial charge in [0.25, 0.3) is 5.91 Å². The number of nitrogens with one attached hydrogen (secondary N) is 1. The maximum atomic E-state index is 13.1. The molecule has 7 nitrogen and oxygen atoms in total. The van der Waals surface area contributed by atoms with Crippen LogP contribution in [0.4, 0.5) is 4.39 Å². The summed E-state index contributed by atoms with van der Waals surface area (Å²) in [5.74, 6) is 0.161. The van der Waals surface area contributed by atoms with Gasteiger partial charge in [-0.3, -0.25) is 4.79 Å². The molecule has 4 rings (SSSR count). The molecule has 0 bridgehead atoms. The van der Waals surface area contributed by atoms with Gasteiger partial charge in [-0.25, -0.2) is 9.07 Å². The molecule has 0 saturated heterocycles. The second kappa shape index (κ2) is 8.40. The number of nitrogens with zero attached hydrogens (tertiary/aromatic N) is 3. The third-order valence-corrected chi connectivity index (χ3v) is 4.72. The standard InChI is InChI=1S/C21H21FN4O3/c1-2-28-17-5-3-4-14(10-17)11-23-21(27)20-18-13-29-19(12-26(18)25-24-20)15-6-8-16(22)9-7-15/h3-10,19H,2,11-13H2,1H3,(H,23,27)/t19-/m0/s1. The molecule has 1 aromatic heterocycles. The molecule has 0 spiro atoms. The van der Waals surface area contributed by atoms with Gasteiger partial charge in [0.15, 0.2) is 5.69 Å². The predicted molar refractivity (Wildman–Crippen MR) is 103 cm³/mol. The van der Waals surface area contributed by atoms with Crippen molar-refractivity contribution in [3.05, 3.63) is 76.9 Å². The summed E-state index contributed by atoms with van der Waals surface area (Å²) in [7, 11) is 0. The molecule has 0 unspecified atom stereocenters. The van der Waals surface area contributed by atoms with Crippen LogP contribution in [0.15, 0.2) is 48.5 Å². The molecule has 0 aliphatic carbocycles. The van der Waals surface area contributed by atoms with Crippen LogP contribution in [-0.4, -0.2) is 27.5 Å². The number of benzene rings is 2. The van der Waals surface area contributed by atoms with Crippen LogP contribution in [0.1, 0.15) is 40.3 Å². The average Bonchev–Trinajstić information content (AvgIpc) is 3.16. The summed E-state index contributed by atoms with van der Waals surface area (Å²) < 4.78 is 26.1. The third-order valence-electron chi connectivity index (χ3n) is 4.72. The molecule has 1 aliphatic rings. The Kier molecular flexibility index (Phi) is 5.53. The van der Waals surface area contributed by atoms with E-state index in [1.807, 2.05) is 31.2 Å². The first-order valence-electron chi connectivity index (χ1n) is 9.43. The smallest absolute Gasteiger partial charge is 0.274 e. The van der Waals surface area contributed by atoms with Gasteiger partial charge in [0.1, 0.15) is 17.7 Å². The lowest BCUT2D eigenvalue weighted by atomic mass is 10.1. The molecule has 150 valence electrons. The quantitative estimate of drug-likeness (QED) is 0.693. The predicted octanol–water partition coefficient (Wildman–Crippen LogP) is 3.02. The van der Waals surface area contributed by atoms with E-state index in [1.165, 1.54) is 12.1 Å². The van der Waals surface area contributed by atoms with Gasteiger partial charge >= 0.3 is 0 Å². The summed E-state index contributed by atoms with van der Waals surface area (Å²) in [5, 5.41) is 11.0. The van der Waals surface area contributed by atoms with Gasteiger partial charge in [0, 0.05) is 6.54 Å². The van der Waals surface area contributed by atoms with Crippen LogP contribution in [0.3, 0.4) is 0 Å². The molecule has 29 heavy (non-hydrogen) atoms. The molecule has 1 aliphatic heterocycles. The van der Waals surface area contributed by atoms with Gasteiger partial charge < -0.3 is 14.8 Å². The first-order chi connectivity index (χ1) is 14.1. The first-order valence-corrected chi connectivity index (χ1v) is 9.43. The number of rotatable bonds is 6. The van der Waals surface area contributed by atoms with Crippen molar-refractivity contribution in [2.24, 2.45) is 0 Å². The third kappa shape index (κ3) is 4.27. The Morgan fingerprint density at radius 2 is 2.14 bits per heavy atom. The van der Waals surface area contributed by atoms with Crippen molar-refractivity contribution in [3.63, 3.8) is 0 Å². The van der Waals surface area contributed by atoms with E-state index in [0.717, 1.165) is 16.9 Å². The Morgan fingerprint density at radius 1 is 1.31 bits per heavy atom. The number of ether oxygens (including phenoxy) is 2. The van der Waals surface area contributed by atoms with Gasteiger partial charge in [0.05, 0.1) is 25.5 Å². The van der Waals surface area contributed by atoms with Crippen molar-refractivity contribution in [3.8, 4) is 5.75 Å². The minimum Gasteiger partial charge on any atom is -0.494 e. The fraction of sp³-hybridized carbons (Fsp3) is 0.286. The molecule has 1 N–H and O–H groups in total. The Labute approximate surface area is 167 Å². The summed E-state index contributed by atoms with van der Waals surface area (Å²) >= 11 is 0. The van der Waals surface area contributed by atoms with Crippen molar-refractivity contribution >= 4 is 5.91 Å². The molecule has 3 aromatic rings. The minimum atomic E-state index is -0.308. The number of aromatic nitrogens is 3. The number of halogens is 1. The van der Waals surface area contributed by atoms with E-state index in [9.17, 15) is 9.18 Å². The van der Waals surface area contributed by atoms with E-state index in [4.69, 9.17) is 9.47 Å². The molecule has 0 saturated carbocycles. The van der Waals surface area contributed by atoms with Crippen molar-refractivity contribution < 1.29 is 18.7 Å². The van der Waals surface area contributed by atoms with Crippen LogP contribution in [-0.2, 0) is 24.4 Å². The Morgan fingerprint density at radius 3 is 2.93 bits per heavy atom. The average molecular weight is 396 g/mol. The summed E-state index contributed by atoms with van der Waals surface area (Å²) in [5.41, 5.74) is 2.66. The zero-order chi connectivity index (χ0) is 20.2. The normalized spacial score (nSPS) is 15.6. The van der Waals surface area contributed by atoms with Crippen molar-refractivity contribution in [1.82, 2.24) is 20.3 Å². The highest BCUT2D eigenvalue weighted by Gasteiger charge is 2.27. The van der Waals surface area contributed by atoms with Gasteiger partial charge in [-0.15, -0.1) is 5.10 Å². The van der Waals surface area contributed by atoms with Crippen LogP contribution in [0.25, 0.3) is 0 Å². The second-order valence-electron chi connectivity index (χ2n) is 6.68. The molecule has 2 heterocycles. The highest BCUT2D eigenvalue weighted by Crippen LogP contribution is 2.27. The SMILES string of the molecule is CCOc1cccc(CNC(=O)c2nnn3c2CO[C@H](c2ccc(F)cc2)C3)c1. The van der Waals surface area contributed by atoms with E-state index in [-0.39, 0.29) is 30.1 Å². The summed E-state index contributed by atoms with van der Waals surface area (Å²) in [6, 6.07) is 13.7. The highest BCUT2D eigenvalue weighted by molar-refractivity contribution is 5.93. The molecule has 0 radical (unpaired) electrons. The van der Waals surface area contributed by atoms with Crippen LogP contribution < -0.4 is 10.1 Å². The lowest BCUT2D eigenvalue weighted by Crippen LogP contribution is -2.27. The summed E-state index contributed by atoms with van der Waals surface area (Å²) in [6.07, 6.45) is -0.262. The van der Waals surface area contributed by atoms with Gasteiger partial charge in [0.2, 0.25) is 0 Å². The van der Waals surface area contributed by atoms with Crippen LogP contribution in [0.5, 0.6) is 5.75 Å². The molecular weight excluding hydrogens is 375 g/mol. The van der Waals surface area contributed by atoms with E-state index in [1.54, 1.807) is 16.8 Å². The number of hydrogen-bond acceptors (Lipinski definition) is 5. The van der Waals surface area contributed by atoms with Gasteiger partial charge in [-0.1, -0.05) is 29.5 Å². The number of hydrogen-bond donors (Lipinski definition) is 1. The van der Waals surface area contributed by atoms with Crippen molar-refractivity contribution in [1.29, 1.82) is 0 Å². The molecule has 2 aromatic carbocycles. The number of amides is 1. The molecular formula is C21H21FN4O3. The minimum absolute atomic E-state index is 0.206. The Hall–Kier alpha value is -3.26. The van der Waals surface area contributed by atoms with E-state index in [2.05, 4.69) is 15.6 Å². The molecule has 1 atom stereocenters. The zero-order valence-electron chi connectivity index (χ0n) is 16.0. The highest BCUT2D eigenvalue weighted by atomic mass is 19.1. The summed E-state index contributed by atoms with van der Waals surface area (Å²) in [6.45, 7) is 3.48. The summed E-state index contributed by atoms with van der Waals surface area (Å²) in [4.78, 5) is 12.6. The maximum Gasteiger partial charge on any atom is 0.274 e. The van der Waals surface area contributed by atoms with Crippen molar-refractivity contribution in [2.45, 2.75) is 32.7 Å².